The van der Waals surface area contributed by atoms with E-state index in [4.69, 9.17) is 10.9 Å². The topological polar surface area (TPSA) is 86.4 Å². The summed E-state index contributed by atoms with van der Waals surface area (Å²) in [4.78, 5) is 3.41. The molecule has 98 valence electrons. The molecule has 0 atom stereocenters. The maximum Gasteiger partial charge on any atom is 0.167 e. The third-order valence-electron chi connectivity index (χ3n) is 3.61. The van der Waals surface area contributed by atoms with Gasteiger partial charge in [-0.1, -0.05) is 23.4 Å². The first-order valence-electron chi connectivity index (χ1n) is 6.25. The van der Waals surface area contributed by atoms with Crippen LogP contribution in [0, 0.1) is 0 Å². The van der Waals surface area contributed by atoms with Gasteiger partial charge in [0.25, 0.3) is 0 Å². The van der Waals surface area contributed by atoms with E-state index in [-0.39, 0.29) is 5.84 Å². The molecule has 1 aliphatic heterocycles. The van der Waals surface area contributed by atoms with Gasteiger partial charge in [-0.3, -0.25) is 0 Å². The number of oxime groups is 1. The van der Waals surface area contributed by atoms with Crippen molar-refractivity contribution in [2.24, 2.45) is 10.9 Å². The molecule has 2 heterocycles. The van der Waals surface area contributed by atoms with E-state index >= 15 is 0 Å². The maximum atomic E-state index is 8.81. The number of aromatic nitrogens is 1. The normalized spacial score (nSPS) is 18.1. The Morgan fingerprint density at radius 1 is 1.37 bits per heavy atom. The first kappa shape index (κ1) is 11.6. The van der Waals surface area contributed by atoms with Gasteiger partial charge >= 0.3 is 0 Å². The maximum absolute atomic E-state index is 8.81. The molecule has 0 unspecified atom stereocenters. The summed E-state index contributed by atoms with van der Waals surface area (Å²) in [5, 5.41) is 16.5. The number of aromatic amines is 1. The number of para-hydroxylation sites is 1. The molecule has 0 radical (unpaired) electrons. The Hall–Kier alpha value is -2.43. The van der Waals surface area contributed by atoms with Crippen LogP contribution in [0.4, 0.5) is 0 Å². The fourth-order valence-electron chi connectivity index (χ4n) is 2.60. The van der Waals surface area contributed by atoms with Crippen molar-refractivity contribution < 1.29 is 5.21 Å². The van der Waals surface area contributed by atoms with Crippen molar-refractivity contribution in [3.63, 3.8) is 0 Å². The number of rotatable bonds is 1. The predicted molar refractivity (Wildman–Crippen MR) is 76.0 cm³/mol. The largest absolute Gasteiger partial charge is 0.409 e. The summed E-state index contributed by atoms with van der Waals surface area (Å²) in [5.74, 6) is 0.133. The van der Waals surface area contributed by atoms with Gasteiger partial charge in [-0.25, -0.2) is 0 Å². The Kier molecular flexibility index (Phi) is 2.67. The lowest BCUT2D eigenvalue weighted by atomic mass is 10.00. The van der Waals surface area contributed by atoms with Crippen LogP contribution in [0.15, 0.2) is 35.0 Å². The molecule has 1 aliphatic rings. The summed E-state index contributed by atoms with van der Waals surface area (Å²) in [6.45, 7) is 2.69. The molecule has 0 spiro atoms. The van der Waals surface area contributed by atoms with E-state index in [0.717, 1.165) is 35.4 Å². The van der Waals surface area contributed by atoms with Crippen LogP contribution in [0.3, 0.4) is 0 Å². The second kappa shape index (κ2) is 4.35. The minimum Gasteiger partial charge on any atom is -0.409 e. The van der Waals surface area contributed by atoms with Gasteiger partial charge in [0.1, 0.15) is 0 Å². The number of nitrogens with one attached hydrogen (secondary N) is 2. The van der Waals surface area contributed by atoms with Gasteiger partial charge in [0.2, 0.25) is 0 Å². The first-order chi connectivity index (χ1) is 9.22. The van der Waals surface area contributed by atoms with Crippen LogP contribution in [0.2, 0.25) is 0 Å². The van der Waals surface area contributed by atoms with Crippen molar-refractivity contribution in [1.29, 1.82) is 0 Å². The number of H-pyrrole nitrogens is 1. The Balaban J connectivity index is 2.26. The van der Waals surface area contributed by atoms with Crippen LogP contribution >= 0.6 is 0 Å². The molecule has 0 saturated carbocycles. The zero-order valence-corrected chi connectivity index (χ0v) is 10.7. The number of nitrogens with zero attached hydrogens (tertiary/aromatic N) is 1. The third-order valence-corrected chi connectivity index (χ3v) is 3.61. The predicted octanol–water partition coefficient (Wildman–Crippen LogP) is 1.79. The van der Waals surface area contributed by atoms with E-state index in [1.54, 1.807) is 0 Å². The van der Waals surface area contributed by atoms with E-state index in [1.165, 1.54) is 10.9 Å². The van der Waals surface area contributed by atoms with Crippen LogP contribution in [0.1, 0.15) is 18.2 Å². The molecule has 5 nitrogen and oxygen atoms in total. The van der Waals surface area contributed by atoms with Gasteiger partial charge < -0.3 is 21.2 Å². The number of amidine groups is 1. The van der Waals surface area contributed by atoms with Gasteiger partial charge in [0.15, 0.2) is 5.84 Å². The fourth-order valence-corrected chi connectivity index (χ4v) is 2.60. The molecule has 0 fully saturated rings. The molecule has 0 bridgehead atoms. The third kappa shape index (κ3) is 1.74. The lowest BCUT2D eigenvalue weighted by Crippen LogP contribution is -2.26. The van der Waals surface area contributed by atoms with E-state index < -0.39 is 0 Å². The SMILES string of the molecule is CC(/C(N)=N/O)=C1/NCCc2c1[nH]c1ccccc21. The smallest absolute Gasteiger partial charge is 0.167 e. The van der Waals surface area contributed by atoms with Crippen LogP contribution in [-0.2, 0) is 6.42 Å². The molecule has 0 amide bonds. The zero-order valence-electron chi connectivity index (χ0n) is 10.7. The number of fused-ring (bicyclic) bond motifs is 3. The molecule has 0 saturated heterocycles. The van der Waals surface area contributed by atoms with Crippen molar-refractivity contribution in [1.82, 2.24) is 10.3 Å². The molecule has 1 aromatic carbocycles. The molecule has 19 heavy (non-hydrogen) atoms. The van der Waals surface area contributed by atoms with Crippen LogP contribution < -0.4 is 11.1 Å². The number of benzene rings is 1. The molecular weight excluding hydrogens is 240 g/mol. The van der Waals surface area contributed by atoms with E-state index in [2.05, 4.69) is 27.6 Å². The van der Waals surface area contributed by atoms with Gasteiger partial charge in [0, 0.05) is 23.0 Å². The molecular formula is C14H16N4O. The van der Waals surface area contributed by atoms with Crippen molar-refractivity contribution in [3.8, 4) is 0 Å². The van der Waals surface area contributed by atoms with Crippen LogP contribution in [0.25, 0.3) is 16.6 Å². The average Bonchev–Trinajstić information content (AvgIpc) is 2.84. The second-order valence-electron chi connectivity index (χ2n) is 4.69. The number of hydrogen-bond acceptors (Lipinski definition) is 3. The quantitative estimate of drug-likeness (QED) is 0.271. The molecule has 3 rings (SSSR count). The highest BCUT2D eigenvalue weighted by Gasteiger charge is 2.21. The summed E-state index contributed by atoms with van der Waals surface area (Å²) in [5.41, 5.74) is 10.8. The van der Waals surface area contributed by atoms with Gasteiger partial charge in [-0.05, 0) is 25.0 Å². The Labute approximate surface area is 110 Å². The summed E-state index contributed by atoms with van der Waals surface area (Å²) in [7, 11) is 0. The van der Waals surface area contributed by atoms with Crippen molar-refractivity contribution in [2.45, 2.75) is 13.3 Å². The summed E-state index contributed by atoms with van der Waals surface area (Å²) in [6.07, 6.45) is 0.965. The Morgan fingerprint density at radius 3 is 2.95 bits per heavy atom. The lowest BCUT2D eigenvalue weighted by Gasteiger charge is -2.20. The van der Waals surface area contributed by atoms with E-state index in [1.807, 2.05) is 19.1 Å². The average molecular weight is 256 g/mol. The van der Waals surface area contributed by atoms with Crippen LogP contribution in [-0.4, -0.2) is 22.6 Å². The molecule has 5 N–H and O–H groups in total. The highest BCUT2D eigenvalue weighted by molar-refractivity contribution is 6.04. The number of nitrogens with two attached hydrogens (primary N) is 1. The van der Waals surface area contributed by atoms with Crippen molar-refractivity contribution in [2.75, 3.05) is 6.54 Å². The molecule has 1 aromatic heterocycles. The second-order valence-corrected chi connectivity index (χ2v) is 4.69. The van der Waals surface area contributed by atoms with Gasteiger partial charge in [-0.15, -0.1) is 0 Å². The Bertz CT molecular complexity index is 697. The summed E-state index contributed by atoms with van der Waals surface area (Å²) in [6, 6.07) is 8.23. The standard InChI is InChI=1S/C14H16N4O/c1-8(14(15)18-19)12-13-10(6-7-16-12)9-4-2-3-5-11(9)17-13/h2-5,16-17,19H,6-7H2,1H3,(H2,15,18)/b12-8-. The van der Waals surface area contributed by atoms with Crippen LogP contribution in [0.5, 0.6) is 0 Å². The van der Waals surface area contributed by atoms with Gasteiger partial charge in [0.05, 0.1) is 11.4 Å². The first-order valence-corrected chi connectivity index (χ1v) is 6.25. The summed E-state index contributed by atoms with van der Waals surface area (Å²) < 4.78 is 0. The Morgan fingerprint density at radius 2 is 2.16 bits per heavy atom. The van der Waals surface area contributed by atoms with E-state index in [0.29, 0.717) is 0 Å². The summed E-state index contributed by atoms with van der Waals surface area (Å²) >= 11 is 0. The van der Waals surface area contributed by atoms with Crippen molar-refractivity contribution >= 4 is 22.4 Å². The van der Waals surface area contributed by atoms with Gasteiger partial charge in [-0.2, -0.15) is 0 Å². The number of hydrogen-bond donors (Lipinski definition) is 4. The minimum absolute atomic E-state index is 0.133. The molecule has 2 aromatic rings. The highest BCUT2D eigenvalue weighted by Crippen LogP contribution is 2.30. The zero-order chi connectivity index (χ0) is 13.4. The molecule has 5 heteroatoms. The highest BCUT2D eigenvalue weighted by atomic mass is 16.4. The van der Waals surface area contributed by atoms with E-state index in [9.17, 15) is 0 Å². The van der Waals surface area contributed by atoms with Crippen molar-refractivity contribution in [3.05, 3.63) is 41.1 Å². The lowest BCUT2D eigenvalue weighted by molar-refractivity contribution is 0.318. The molecule has 0 aliphatic carbocycles. The fraction of sp³-hybridized carbons (Fsp3) is 0.214. The monoisotopic (exact) mass is 256 g/mol. The minimum atomic E-state index is 0.133.